The molecule has 0 aliphatic carbocycles. The van der Waals surface area contributed by atoms with E-state index in [4.69, 9.17) is 9.47 Å². The van der Waals surface area contributed by atoms with Gasteiger partial charge in [0.1, 0.15) is 29.7 Å². The van der Waals surface area contributed by atoms with E-state index in [0.29, 0.717) is 18.9 Å². The van der Waals surface area contributed by atoms with Crippen molar-refractivity contribution < 1.29 is 14.3 Å². The Morgan fingerprint density at radius 2 is 1.83 bits per heavy atom. The molecule has 0 spiro atoms. The lowest BCUT2D eigenvalue weighted by Crippen LogP contribution is -2.23. The number of carbonyl (C=O) groups is 1. The van der Waals surface area contributed by atoms with Gasteiger partial charge in [-0.15, -0.1) is 0 Å². The molecule has 0 unspecified atom stereocenters. The van der Waals surface area contributed by atoms with E-state index in [0.717, 1.165) is 35.9 Å². The molecule has 0 radical (unpaired) electrons. The summed E-state index contributed by atoms with van der Waals surface area (Å²) in [4.78, 5) is 12.6. The van der Waals surface area contributed by atoms with Crippen LogP contribution in [0.15, 0.2) is 88.9 Å². The van der Waals surface area contributed by atoms with E-state index in [1.54, 1.807) is 13.2 Å². The third kappa shape index (κ3) is 6.25. The molecule has 36 heavy (non-hydrogen) atoms. The molecular weight excluding hydrogens is 631 g/mol. The van der Waals surface area contributed by atoms with Crippen molar-refractivity contribution in [3.8, 4) is 17.6 Å². The molecule has 7 heteroatoms. The fourth-order valence-electron chi connectivity index (χ4n) is 3.71. The highest BCUT2D eigenvalue weighted by atomic mass is 127. The molecule has 0 aromatic heterocycles. The maximum Gasteiger partial charge on any atom is 0.262 e. The lowest BCUT2D eigenvalue weighted by atomic mass is 10.1. The Bertz CT molecular complexity index is 1450. The van der Waals surface area contributed by atoms with Gasteiger partial charge in [0.15, 0.2) is 0 Å². The molecule has 180 valence electrons. The fraction of sp³-hybridized carbons (Fsp3) is 0.103. The zero-order valence-electron chi connectivity index (χ0n) is 19.4. The topological polar surface area (TPSA) is 71.3 Å². The number of hydrogen-bond acceptors (Lipinski definition) is 4. The monoisotopic (exact) mass is 652 g/mol. The van der Waals surface area contributed by atoms with Crippen molar-refractivity contribution in [1.29, 1.82) is 5.26 Å². The normalized spacial score (nSPS) is 11.1. The van der Waals surface area contributed by atoms with Gasteiger partial charge in [0.2, 0.25) is 0 Å². The number of rotatable bonds is 8. The third-order valence-corrected chi connectivity index (χ3v) is 6.95. The third-order valence-electron chi connectivity index (χ3n) is 5.56. The van der Waals surface area contributed by atoms with E-state index in [2.05, 4.69) is 68.1 Å². The molecule has 0 bridgehead atoms. The van der Waals surface area contributed by atoms with Crippen LogP contribution in [-0.2, 0) is 17.9 Å². The average Bonchev–Trinajstić information content (AvgIpc) is 2.90. The molecule has 1 amide bonds. The molecule has 4 aromatic rings. The second-order valence-electron chi connectivity index (χ2n) is 7.94. The Hall–Kier alpha value is -3.35. The van der Waals surface area contributed by atoms with E-state index in [-0.39, 0.29) is 5.57 Å². The minimum atomic E-state index is -0.435. The van der Waals surface area contributed by atoms with Crippen molar-refractivity contribution in [2.75, 3.05) is 7.11 Å². The number of methoxy groups -OCH3 is 1. The lowest BCUT2D eigenvalue weighted by Gasteiger charge is -2.13. The van der Waals surface area contributed by atoms with Crippen molar-refractivity contribution in [2.24, 2.45) is 0 Å². The molecule has 4 aromatic carbocycles. The quantitative estimate of drug-likeness (QED) is 0.126. The van der Waals surface area contributed by atoms with Gasteiger partial charge in [0.05, 0.1) is 15.2 Å². The second-order valence-corrected chi connectivity index (χ2v) is 9.96. The second kappa shape index (κ2) is 12.1. The molecule has 0 heterocycles. The van der Waals surface area contributed by atoms with Gasteiger partial charge in [-0.1, -0.05) is 54.6 Å². The predicted molar refractivity (Wildman–Crippen MR) is 154 cm³/mol. The number of nitriles is 1. The Balaban J connectivity index is 1.46. The fourth-order valence-corrected chi connectivity index (χ4v) is 5.47. The van der Waals surface area contributed by atoms with Gasteiger partial charge in [0.25, 0.3) is 5.91 Å². The SMILES string of the molecule is COc1ccc(CNC(=O)/C(C#N)=C\c2cc(Br)c(OCc3cccc4ccccc34)c(I)c2)cc1. The largest absolute Gasteiger partial charge is 0.497 e. The summed E-state index contributed by atoms with van der Waals surface area (Å²) in [5, 5.41) is 14.7. The first-order valence-electron chi connectivity index (χ1n) is 11.1. The number of ether oxygens (including phenoxy) is 2. The molecule has 0 fully saturated rings. The molecule has 0 atom stereocenters. The summed E-state index contributed by atoms with van der Waals surface area (Å²) >= 11 is 5.79. The van der Waals surface area contributed by atoms with E-state index in [1.807, 2.05) is 60.7 Å². The van der Waals surface area contributed by atoms with Crippen molar-refractivity contribution in [3.05, 3.63) is 109 Å². The lowest BCUT2D eigenvalue weighted by molar-refractivity contribution is -0.117. The van der Waals surface area contributed by atoms with Gasteiger partial charge in [-0.2, -0.15) is 5.26 Å². The molecule has 5 nitrogen and oxygen atoms in total. The van der Waals surface area contributed by atoms with E-state index < -0.39 is 5.91 Å². The minimum absolute atomic E-state index is 0.0237. The Morgan fingerprint density at radius 1 is 1.08 bits per heavy atom. The van der Waals surface area contributed by atoms with Crippen LogP contribution >= 0.6 is 38.5 Å². The summed E-state index contributed by atoms with van der Waals surface area (Å²) < 4.78 is 12.9. The zero-order chi connectivity index (χ0) is 25.5. The standard InChI is InChI=1S/C29H22BrIN2O3/c1-35-24-11-9-19(10-12-24)17-33-29(34)23(16-32)13-20-14-26(30)28(27(31)15-20)36-18-22-7-4-6-21-5-2-3-8-25(21)22/h2-15H,17-18H2,1H3,(H,33,34)/b23-13-. The maximum absolute atomic E-state index is 12.6. The first-order chi connectivity index (χ1) is 17.5. The van der Waals surface area contributed by atoms with Crippen LogP contribution in [0.5, 0.6) is 11.5 Å². The zero-order valence-corrected chi connectivity index (χ0v) is 23.2. The molecule has 1 N–H and O–H groups in total. The summed E-state index contributed by atoms with van der Waals surface area (Å²) in [6.07, 6.45) is 1.57. The van der Waals surface area contributed by atoms with Crippen molar-refractivity contribution in [1.82, 2.24) is 5.32 Å². The summed E-state index contributed by atoms with van der Waals surface area (Å²) in [6, 6.07) is 27.5. The number of nitrogens with zero attached hydrogens (tertiary/aromatic N) is 1. The summed E-state index contributed by atoms with van der Waals surface area (Å²) in [6.45, 7) is 0.729. The van der Waals surface area contributed by atoms with Crippen LogP contribution in [-0.4, -0.2) is 13.0 Å². The molecule has 4 rings (SSSR count). The Morgan fingerprint density at radius 3 is 2.56 bits per heavy atom. The van der Waals surface area contributed by atoms with E-state index in [9.17, 15) is 10.1 Å². The number of hydrogen-bond donors (Lipinski definition) is 1. The molecule has 0 aliphatic rings. The summed E-state index contributed by atoms with van der Waals surface area (Å²) in [5.74, 6) is 1.02. The van der Waals surface area contributed by atoms with Crippen molar-refractivity contribution >= 4 is 61.3 Å². The van der Waals surface area contributed by atoms with Crippen LogP contribution < -0.4 is 14.8 Å². The van der Waals surface area contributed by atoms with Crippen LogP contribution in [0, 0.1) is 14.9 Å². The van der Waals surface area contributed by atoms with Crippen LogP contribution in [0.25, 0.3) is 16.8 Å². The highest BCUT2D eigenvalue weighted by molar-refractivity contribution is 14.1. The summed E-state index contributed by atoms with van der Waals surface area (Å²) in [5.41, 5.74) is 2.75. The van der Waals surface area contributed by atoms with Gasteiger partial charge >= 0.3 is 0 Å². The first-order valence-corrected chi connectivity index (χ1v) is 13.0. The molecular formula is C29H22BrIN2O3. The van der Waals surface area contributed by atoms with Gasteiger partial charge < -0.3 is 14.8 Å². The molecule has 0 aliphatic heterocycles. The first kappa shape index (κ1) is 25.7. The Kier molecular flexibility index (Phi) is 8.62. The van der Waals surface area contributed by atoms with Gasteiger partial charge in [0, 0.05) is 6.54 Å². The van der Waals surface area contributed by atoms with E-state index in [1.165, 1.54) is 5.39 Å². The predicted octanol–water partition coefficient (Wildman–Crippen LogP) is 7.02. The highest BCUT2D eigenvalue weighted by Crippen LogP contribution is 2.34. The maximum atomic E-state index is 12.6. The molecule has 0 saturated carbocycles. The van der Waals surface area contributed by atoms with Crippen molar-refractivity contribution in [3.63, 3.8) is 0 Å². The van der Waals surface area contributed by atoms with Crippen LogP contribution in [0.4, 0.5) is 0 Å². The van der Waals surface area contributed by atoms with Crippen LogP contribution in [0.3, 0.4) is 0 Å². The van der Waals surface area contributed by atoms with E-state index >= 15 is 0 Å². The minimum Gasteiger partial charge on any atom is -0.497 e. The van der Waals surface area contributed by atoms with Gasteiger partial charge in [-0.3, -0.25) is 4.79 Å². The molecule has 0 saturated heterocycles. The number of fused-ring (bicyclic) bond motifs is 1. The number of nitrogens with one attached hydrogen (secondary N) is 1. The number of benzene rings is 4. The van der Waals surface area contributed by atoms with Gasteiger partial charge in [-0.05, 0) is 96.3 Å². The average molecular weight is 653 g/mol. The summed E-state index contributed by atoms with van der Waals surface area (Å²) in [7, 11) is 1.60. The highest BCUT2D eigenvalue weighted by Gasteiger charge is 2.13. The smallest absolute Gasteiger partial charge is 0.262 e. The van der Waals surface area contributed by atoms with Crippen LogP contribution in [0.2, 0.25) is 0 Å². The number of carbonyl (C=O) groups excluding carboxylic acids is 1. The Labute approximate surface area is 232 Å². The number of halogens is 2. The van der Waals surface area contributed by atoms with Crippen LogP contribution in [0.1, 0.15) is 16.7 Å². The van der Waals surface area contributed by atoms with Gasteiger partial charge in [-0.25, -0.2) is 0 Å². The van der Waals surface area contributed by atoms with Crippen molar-refractivity contribution in [2.45, 2.75) is 13.2 Å². The number of amides is 1.